The van der Waals surface area contributed by atoms with Gasteiger partial charge in [0, 0.05) is 12.6 Å². The van der Waals surface area contributed by atoms with E-state index in [2.05, 4.69) is 5.32 Å². The van der Waals surface area contributed by atoms with Crippen LogP contribution in [0.15, 0.2) is 41.3 Å². The summed E-state index contributed by atoms with van der Waals surface area (Å²) in [6, 6.07) is 7.54. The highest BCUT2D eigenvalue weighted by Gasteiger charge is 2.29. The summed E-state index contributed by atoms with van der Waals surface area (Å²) >= 11 is 5.86. The van der Waals surface area contributed by atoms with Crippen molar-refractivity contribution in [1.82, 2.24) is 5.32 Å². The molecule has 2 aromatic rings. The fraction of sp³-hybridized carbons (Fsp3) is 0.381. The fourth-order valence-electron chi connectivity index (χ4n) is 2.75. The van der Waals surface area contributed by atoms with Crippen LogP contribution >= 0.6 is 11.6 Å². The van der Waals surface area contributed by atoms with E-state index in [1.165, 1.54) is 38.5 Å². The van der Waals surface area contributed by atoms with Crippen molar-refractivity contribution in [3.8, 4) is 11.5 Å². The molecule has 0 aromatic heterocycles. The van der Waals surface area contributed by atoms with Crippen molar-refractivity contribution >= 4 is 33.2 Å². The van der Waals surface area contributed by atoms with Crippen LogP contribution in [0, 0.1) is 11.7 Å². The Morgan fingerprint density at radius 3 is 2.39 bits per heavy atom. The molecular formula is C21H26ClFN2O5S. The molecule has 7 nitrogen and oxygen atoms in total. The van der Waals surface area contributed by atoms with E-state index in [4.69, 9.17) is 21.1 Å². The van der Waals surface area contributed by atoms with Gasteiger partial charge >= 0.3 is 0 Å². The van der Waals surface area contributed by atoms with Crippen LogP contribution in [0.1, 0.15) is 20.3 Å². The quantitative estimate of drug-likeness (QED) is 0.567. The molecule has 0 atom stereocenters. The van der Waals surface area contributed by atoms with E-state index in [1.54, 1.807) is 0 Å². The molecule has 2 aromatic carbocycles. The van der Waals surface area contributed by atoms with E-state index in [9.17, 15) is 17.6 Å². The molecule has 0 aliphatic rings. The van der Waals surface area contributed by atoms with Gasteiger partial charge in [0.05, 0.1) is 29.8 Å². The monoisotopic (exact) mass is 472 g/mol. The maximum absolute atomic E-state index is 13.7. The number of rotatable bonds is 10. The molecule has 0 aliphatic heterocycles. The molecule has 31 heavy (non-hydrogen) atoms. The van der Waals surface area contributed by atoms with Crippen LogP contribution in [0.2, 0.25) is 5.02 Å². The van der Waals surface area contributed by atoms with Gasteiger partial charge in [0.2, 0.25) is 5.91 Å². The predicted molar refractivity (Wildman–Crippen MR) is 118 cm³/mol. The fourth-order valence-corrected chi connectivity index (χ4v) is 4.35. The number of hydrogen-bond donors (Lipinski definition) is 1. The third-order valence-electron chi connectivity index (χ3n) is 4.47. The number of ether oxygens (including phenoxy) is 2. The lowest BCUT2D eigenvalue weighted by Gasteiger charge is -2.25. The molecule has 2 rings (SSSR count). The summed E-state index contributed by atoms with van der Waals surface area (Å²) in [4.78, 5) is 12.4. The summed E-state index contributed by atoms with van der Waals surface area (Å²) in [7, 11) is -1.41. The second kappa shape index (κ2) is 10.7. The van der Waals surface area contributed by atoms with E-state index >= 15 is 0 Å². The minimum atomic E-state index is -4.22. The van der Waals surface area contributed by atoms with Gasteiger partial charge in [-0.1, -0.05) is 25.4 Å². The first kappa shape index (κ1) is 24.7. The lowest BCUT2D eigenvalue weighted by molar-refractivity contribution is -0.119. The number of sulfonamides is 1. The Morgan fingerprint density at radius 1 is 1.13 bits per heavy atom. The standard InChI is InChI=1S/C21H26ClFN2O5S/c1-14(2)9-10-24-21(26)13-25(15-5-7-18(23)17(22)11-15)31(27,28)16-6-8-19(29-3)20(12-16)30-4/h5-8,11-12,14H,9-10,13H2,1-4H3,(H,24,26). The van der Waals surface area contributed by atoms with Crippen molar-refractivity contribution in [2.75, 3.05) is 31.6 Å². The highest BCUT2D eigenvalue weighted by Crippen LogP contribution is 2.33. The van der Waals surface area contributed by atoms with Crippen LogP contribution in [0.4, 0.5) is 10.1 Å². The first-order valence-electron chi connectivity index (χ1n) is 9.56. The number of carbonyl (C=O) groups excluding carboxylic acids is 1. The molecule has 0 spiro atoms. The Kier molecular flexibility index (Phi) is 8.52. The second-order valence-corrected chi connectivity index (χ2v) is 9.43. The van der Waals surface area contributed by atoms with Crippen LogP contribution in [-0.4, -0.2) is 41.6 Å². The Bertz CT molecular complexity index is 1030. The molecule has 170 valence electrons. The number of nitrogens with zero attached hydrogens (tertiary/aromatic N) is 1. The van der Waals surface area contributed by atoms with Crippen molar-refractivity contribution in [3.05, 3.63) is 47.2 Å². The normalized spacial score (nSPS) is 11.3. The molecule has 0 heterocycles. The Labute approximate surface area is 187 Å². The van der Waals surface area contributed by atoms with Gasteiger partial charge in [-0.2, -0.15) is 0 Å². The summed E-state index contributed by atoms with van der Waals surface area (Å²) in [5.74, 6) is -0.255. The summed E-state index contributed by atoms with van der Waals surface area (Å²) in [5.41, 5.74) is 0.0557. The van der Waals surface area contributed by atoms with Crippen LogP contribution in [-0.2, 0) is 14.8 Å². The Hall–Kier alpha value is -2.52. The highest BCUT2D eigenvalue weighted by molar-refractivity contribution is 7.92. The molecule has 0 fully saturated rings. The number of amides is 1. The molecule has 1 N–H and O–H groups in total. The number of hydrogen-bond acceptors (Lipinski definition) is 5. The van der Waals surface area contributed by atoms with Crippen LogP contribution in [0.25, 0.3) is 0 Å². The maximum atomic E-state index is 13.7. The van der Waals surface area contributed by atoms with Gasteiger partial charge in [-0.3, -0.25) is 9.10 Å². The van der Waals surface area contributed by atoms with Gasteiger partial charge < -0.3 is 14.8 Å². The maximum Gasteiger partial charge on any atom is 0.264 e. The second-order valence-electron chi connectivity index (χ2n) is 7.16. The zero-order valence-electron chi connectivity index (χ0n) is 17.8. The highest BCUT2D eigenvalue weighted by atomic mass is 35.5. The largest absolute Gasteiger partial charge is 0.493 e. The molecule has 0 saturated heterocycles. The molecule has 0 aliphatic carbocycles. The Balaban J connectivity index is 2.45. The van der Waals surface area contributed by atoms with E-state index in [-0.39, 0.29) is 21.4 Å². The van der Waals surface area contributed by atoms with Crippen molar-refractivity contribution in [1.29, 1.82) is 0 Å². The third-order valence-corrected chi connectivity index (χ3v) is 6.52. The molecular weight excluding hydrogens is 447 g/mol. The van der Waals surface area contributed by atoms with Crippen LogP contribution < -0.4 is 19.1 Å². The van der Waals surface area contributed by atoms with Gasteiger partial charge in [0.15, 0.2) is 11.5 Å². The predicted octanol–water partition coefficient (Wildman–Crippen LogP) is 3.85. The smallest absolute Gasteiger partial charge is 0.264 e. The number of methoxy groups -OCH3 is 2. The van der Waals surface area contributed by atoms with Crippen molar-refractivity contribution in [2.24, 2.45) is 5.92 Å². The number of anilines is 1. The summed E-state index contributed by atoms with van der Waals surface area (Å²) in [6.07, 6.45) is 0.747. The number of halogens is 2. The topological polar surface area (TPSA) is 84.9 Å². The minimum Gasteiger partial charge on any atom is -0.493 e. The van der Waals surface area contributed by atoms with E-state index in [0.717, 1.165) is 22.9 Å². The summed E-state index contributed by atoms with van der Waals surface area (Å²) in [5, 5.41) is 2.45. The minimum absolute atomic E-state index is 0.0557. The van der Waals surface area contributed by atoms with Gasteiger partial charge in [0.25, 0.3) is 10.0 Å². The zero-order chi connectivity index (χ0) is 23.2. The average Bonchev–Trinajstić information content (AvgIpc) is 2.73. The molecule has 0 bridgehead atoms. The van der Waals surface area contributed by atoms with Crippen LogP contribution in [0.3, 0.4) is 0 Å². The van der Waals surface area contributed by atoms with E-state index in [1.807, 2.05) is 13.8 Å². The SMILES string of the molecule is COc1ccc(S(=O)(=O)N(CC(=O)NCCC(C)C)c2ccc(F)c(Cl)c2)cc1OC. The van der Waals surface area contributed by atoms with E-state index < -0.39 is 28.3 Å². The van der Waals surface area contributed by atoms with Crippen molar-refractivity contribution in [2.45, 2.75) is 25.2 Å². The zero-order valence-corrected chi connectivity index (χ0v) is 19.4. The van der Waals surface area contributed by atoms with Gasteiger partial charge in [-0.15, -0.1) is 0 Å². The number of benzene rings is 2. The molecule has 10 heteroatoms. The van der Waals surface area contributed by atoms with Crippen molar-refractivity contribution in [3.63, 3.8) is 0 Å². The van der Waals surface area contributed by atoms with E-state index in [0.29, 0.717) is 18.2 Å². The number of nitrogens with one attached hydrogen (secondary N) is 1. The molecule has 0 radical (unpaired) electrons. The van der Waals surface area contributed by atoms with Crippen LogP contribution in [0.5, 0.6) is 11.5 Å². The summed E-state index contributed by atoms with van der Waals surface area (Å²) < 4.78 is 51.7. The molecule has 1 amide bonds. The number of carbonyl (C=O) groups is 1. The lowest BCUT2D eigenvalue weighted by atomic mass is 10.1. The lowest BCUT2D eigenvalue weighted by Crippen LogP contribution is -2.41. The molecule has 0 saturated carbocycles. The summed E-state index contributed by atoms with van der Waals surface area (Å²) in [6.45, 7) is 3.93. The van der Waals surface area contributed by atoms with Gasteiger partial charge in [0.1, 0.15) is 12.4 Å². The Morgan fingerprint density at radius 2 is 1.81 bits per heavy atom. The van der Waals surface area contributed by atoms with Crippen molar-refractivity contribution < 1.29 is 27.1 Å². The first-order chi connectivity index (χ1) is 14.6. The third kappa shape index (κ3) is 6.24. The van der Waals surface area contributed by atoms with Gasteiger partial charge in [-0.25, -0.2) is 12.8 Å². The van der Waals surface area contributed by atoms with Gasteiger partial charge in [-0.05, 0) is 42.7 Å². The molecule has 0 unspecified atom stereocenters. The average molecular weight is 473 g/mol. The first-order valence-corrected chi connectivity index (χ1v) is 11.4.